The molecule has 1 saturated heterocycles. The molecule has 6 aromatic rings. The lowest BCUT2D eigenvalue weighted by Gasteiger charge is -2.20. The number of anilines is 1. The molecule has 5 N–H and O–H groups in total. The van der Waals surface area contributed by atoms with Gasteiger partial charge in [0.2, 0.25) is 11.1 Å². The summed E-state index contributed by atoms with van der Waals surface area (Å²) >= 11 is 6.36. The second-order valence-corrected chi connectivity index (χ2v) is 11.2. The third-order valence-corrected chi connectivity index (χ3v) is 8.03. The van der Waals surface area contributed by atoms with Gasteiger partial charge in [-0.2, -0.15) is 14.8 Å². The molecule has 0 unspecified atom stereocenters. The molecule has 7 rings (SSSR count). The average molecular weight is 642 g/mol. The number of aromatic nitrogens is 8. The maximum absolute atomic E-state index is 11.0. The molecule has 1 aliphatic heterocycles. The predicted octanol–water partition coefficient (Wildman–Crippen LogP) is 3.16. The minimum absolute atomic E-state index is 0.0716. The molecular formula is C31H28ClN9O5. The van der Waals surface area contributed by atoms with Gasteiger partial charge in [-0.3, -0.25) is 4.57 Å². The van der Waals surface area contributed by atoms with Gasteiger partial charge in [-0.25, -0.2) is 4.98 Å². The summed E-state index contributed by atoms with van der Waals surface area (Å²) in [6.07, 6.45) is -3.45. The van der Waals surface area contributed by atoms with Gasteiger partial charge < -0.3 is 30.5 Å². The number of hydrogen-bond donors (Lipinski definition) is 5. The van der Waals surface area contributed by atoms with Crippen LogP contribution in [0.1, 0.15) is 40.8 Å². The number of aliphatic hydroxyl groups is 2. The smallest absolute Gasteiger partial charge is 0.226 e. The Bertz CT molecular complexity index is 1910. The Morgan fingerprint density at radius 1 is 0.870 bits per heavy atom. The van der Waals surface area contributed by atoms with Crippen LogP contribution in [0, 0.1) is 0 Å². The molecule has 14 nitrogen and oxygen atoms in total. The van der Waals surface area contributed by atoms with Gasteiger partial charge in [0, 0.05) is 12.5 Å². The fourth-order valence-corrected chi connectivity index (χ4v) is 5.69. The molecule has 4 atom stereocenters. The van der Waals surface area contributed by atoms with E-state index >= 15 is 0 Å². The van der Waals surface area contributed by atoms with Gasteiger partial charge in [-0.05, 0) is 57.8 Å². The van der Waals surface area contributed by atoms with Crippen LogP contribution in [0.5, 0.6) is 11.5 Å². The largest absolute Gasteiger partial charge is 0.508 e. The van der Waals surface area contributed by atoms with Crippen molar-refractivity contribution < 1.29 is 25.2 Å². The zero-order chi connectivity index (χ0) is 31.8. The molecule has 0 amide bonds. The number of benzene rings is 3. The van der Waals surface area contributed by atoms with Crippen molar-refractivity contribution in [2.24, 2.45) is 0 Å². The van der Waals surface area contributed by atoms with E-state index < -0.39 is 24.5 Å². The number of imidazole rings is 1. The highest BCUT2D eigenvalue weighted by molar-refractivity contribution is 6.28. The van der Waals surface area contributed by atoms with E-state index in [1.165, 1.54) is 15.7 Å². The Balaban J connectivity index is 1.14. The van der Waals surface area contributed by atoms with Crippen molar-refractivity contribution in [3.63, 3.8) is 0 Å². The molecular weight excluding hydrogens is 614 g/mol. The molecule has 234 valence electrons. The van der Waals surface area contributed by atoms with Crippen LogP contribution in [0.15, 0.2) is 85.2 Å². The van der Waals surface area contributed by atoms with Crippen LogP contribution in [0.4, 0.5) is 5.82 Å². The number of nitrogens with one attached hydrogen (secondary N) is 1. The second kappa shape index (κ2) is 12.3. The fourth-order valence-electron chi connectivity index (χ4n) is 5.53. The summed E-state index contributed by atoms with van der Waals surface area (Å²) in [5.74, 6) is 0.551. The van der Waals surface area contributed by atoms with E-state index in [4.69, 9.17) is 16.3 Å². The highest BCUT2D eigenvalue weighted by atomic mass is 35.5. The number of rotatable bonds is 9. The Morgan fingerprint density at radius 2 is 1.54 bits per heavy atom. The molecule has 1 fully saturated rings. The van der Waals surface area contributed by atoms with Crippen molar-refractivity contribution in [2.45, 2.75) is 37.0 Å². The van der Waals surface area contributed by atoms with Gasteiger partial charge in [0.1, 0.15) is 23.7 Å². The maximum atomic E-state index is 11.0. The van der Waals surface area contributed by atoms with Crippen LogP contribution in [0.3, 0.4) is 0 Å². The standard InChI is InChI=1S/C31H28ClN9O5/c32-31-35-27(33-14-22(18-6-10-20(42)11-7-18)19-8-12-21(43)13-9-19)23-29(36-31)40(16-34-23)30-25(45)24(44)26(46-30)28-37-39-41(38-28)15-17-4-2-1-3-5-17/h1-13,16,22,24-26,30,42-45H,14-15H2,(H,33,35,36)/t24-,25+,26-,30+/m0/s1. The number of ether oxygens (including phenoxy) is 1. The Labute approximate surface area is 266 Å². The van der Waals surface area contributed by atoms with Crippen molar-refractivity contribution in [3.05, 3.63) is 113 Å². The van der Waals surface area contributed by atoms with E-state index in [0.29, 0.717) is 24.4 Å². The van der Waals surface area contributed by atoms with Crippen LogP contribution in [-0.2, 0) is 11.3 Å². The van der Waals surface area contributed by atoms with Crippen LogP contribution in [0.25, 0.3) is 11.2 Å². The van der Waals surface area contributed by atoms with E-state index in [9.17, 15) is 20.4 Å². The first-order chi connectivity index (χ1) is 22.3. The Morgan fingerprint density at radius 3 is 2.22 bits per heavy atom. The van der Waals surface area contributed by atoms with Gasteiger partial charge in [0.15, 0.2) is 29.3 Å². The molecule has 3 aromatic heterocycles. The van der Waals surface area contributed by atoms with E-state index in [2.05, 4.69) is 35.7 Å². The topological polar surface area (TPSA) is 189 Å². The van der Waals surface area contributed by atoms with Crippen molar-refractivity contribution in [3.8, 4) is 11.5 Å². The number of phenolic OH excluding ortho intramolecular Hbond substituents is 2. The monoisotopic (exact) mass is 641 g/mol. The number of halogens is 1. The summed E-state index contributed by atoms with van der Waals surface area (Å²) in [6, 6.07) is 23.3. The summed E-state index contributed by atoms with van der Waals surface area (Å²) < 4.78 is 7.56. The van der Waals surface area contributed by atoms with Crippen molar-refractivity contribution >= 4 is 28.6 Å². The second-order valence-electron chi connectivity index (χ2n) is 10.9. The highest BCUT2D eigenvalue weighted by Gasteiger charge is 2.47. The lowest BCUT2D eigenvalue weighted by atomic mass is 9.91. The summed E-state index contributed by atoms with van der Waals surface area (Å²) in [5, 5.41) is 57.4. The molecule has 0 saturated carbocycles. The zero-order valence-corrected chi connectivity index (χ0v) is 24.8. The molecule has 0 spiro atoms. The molecule has 0 radical (unpaired) electrons. The van der Waals surface area contributed by atoms with Crippen molar-refractivity contribution in [2.75, 3.05) is 11.9 Å². The molecule has 3 aromatic carbocycles. The van der Waals surface area contributed by atoms with Gasteiger partial charge in [-0.1, -0.05) is 54.6 Å². The van der Waals surface area contributed by atoms with Gasteiger partial charge in [0.25, 0.3) is 0 Å². The maximum Gasteiger partial charge on any atom is 0.226 e. The Hall–Kier alpha value is -5.15. The summed E-state index contributed by atoms with van der Waals surface area (Å²) in [5.41, 5.74) is 3.43. The lowest BCUT2D eigenvalue weighted by molar-refractivity contribution is -0.0384. The summed E-state index contributed by atoms with van der Waals surface area (Å²) in [7, 11) is 0. The van der Waals surface area contributed by atoms with Crippen LogP contribution < -0.4 is 5.32 Å². The first-order valence-electron chi connectivity index (χ1n) is 14.4. The van der Waals surface area contributed by atoms with Crippen LogP contribution in [0.2, 0.25) is 5.28 Å². The van der Waals surface area contributed by atoms with Crippen LogP contribution in [-0.4, -0.2) is 78.9 Å². The molecule has 46 heavy (non-hydrogen) atoms. The SMILES string of the molecule is Oc1ccc(C(CNc2nc(Cl)nc3c2ncn3[C@@H]2O[C@H](c3nnn(Cc4ccccc4)n3)[C@@H](O)[C@H]2O)c2ccc(O)cc2)cc1. The van der Waals surface area contributed by atoms with Crippen molar-refractivity contribution in [1.29, 1.82) is 0 Å². The number of nitrogens with zero attached hydrogens (tertiary/aromatic N) is 8. The predicted molar refractivity (Wildman–Crippen MR) is 165 cm³/mol. The number of hydrogen-bond acceptors (Lipinski definition) is 12. The third kappa shape index (κ3) is 5.81. The quantitative estimate of drug-likeness (QED) is 0.145. The van der Waals surface area contributed by atoms with E-state index in [-0.39, 0.29) is 34.2 Å². The molecule has 1 aliphatic rings. The minimum Gasteiger partial charge on any atom is -0.508 e. The van der Waals surface area contributed by atoms with E-state index in [0.717, 1.165) is 16.7 Å². The lowest BCUT2D eigenvalue weighted by Crippen LogP contribution is -2.29. The Kier molecular flexibility index (Phi) is 7.92. The molecule has 4 heterocycles. The average Bonchev–Trinajstić information content (AvgIpc) is 3.77. The van der Waals surface area contributed by atoms with Gasteiger partial charge >= 0.3 is 0 Å². The molecule has 0 aliphatic carbocycles. The fraction of sp³-hybridized carbons (Fsp3) is 0.226. The van der Waals surface area contributed by atoms with E-state index in [1.807, 2.05) is 54.6 Å². The number of aliphatic hydroxyl groups excluding tert-OH is 2. The first-order valence-corrected chi connectivity index (χ1v) is 14.8. The number of fused-ring (bicyclic) bond motifs is 1. The van der Waals surface area contributed by atoms with Crippen molar-refractivity contribution in [1.82, 2.24) is 39.7 Å². The highest BCUT2D eigenvalue weighted by Crippen LogP contribution is 2.39. The summed E-state index contributed by atoms with van der Waals surface area (Å²) in [6.45, 7) is 0.721. The van der Waals surface area contributed by atoms with Gasteiger partial charge in [-0.15, -0.1) is 10.2 Å². The number of aromatic hydroxyl groups is 2. The molecule has 15 heteroatoms. The van der Waals surface area contributed by atoms with Gasteiger partial charge in [0.05, 0.1) is 12.9 Å². The van der Waals surface area contributed by atoms with E-state index in [1.54, 1.807) is 24.3 Å². The minimum atomic E-state index is -1.37. The number of tetrazole rings is 1. The zero-order valence-electron chi connectivity index (χ0n) is 24.0. The first kappa shape index (κ1) is 29.6. The molecule has 0 bridgehead atoms. The summed E-state index contributed by atoms with van der Waals surface area (Å²) in [4.78, 5) is 14.6. The van der Waals surface area contributed by atoms with Crippen LogP contribution >= 0.6 is 11.6 Å². The number of phenols is 2. The normalized spacial score (nSPS) is 19.7. The third-order valence-electron chi connectivity index (χ3n) is 7.86.